The molecule has 5 heteroatoms. The van der Waals surface area contributed by atoms with E-state index >= 15 is 0 Å². The van der Waals surface area contributed by atoms with Crippen LogP contribution in [0.25, 0.3) is 0 Å². The lowest BCUT2D eigenvalue weighted by molar-refractivity contribution is -0.138. The number of amides is 1. The molecule has 5 nitrogen and oxygen atoms in total. The molecule has 1 aromatic rings. The number of rotatable bonds is 3. The molecule has 3 rings (SSSR count). The van der Waals surface area contributed by atoms with Gasteiger partial charge in [-0.3, -0.25) is 14.7 Å². The van der Waals surface area contributed by atoms with Crippen LogP contribution in [-0.2, 0) is 11.3 Å². The first-order valence-corrected chi connectivity index (χ1v) is 8.31. The molecular weight excluding hydrogens is 276 g/mol. The third-order valence-corrected chi connectivity index (χ3v) is 4.91. The van der Waals surface area contributed by atoms with E-state index in [1.807, 2.05) is 12.4 Å². The Morgan fingerprint density at radius 2 is 1.73 bits per heavy atom. The van der Waals surface area contributed by atoms with Crippen LogP contribution in [0.1, 0.15) is 18.4 Å². The van der Waals surface area contributed by atoms with E-state index in [1.54, 1.807) is 0 Å². The summed E-state index contributed by atoms with van der Waals surface area (Å²) in [5, 5.41) is 0. The van der Waals surface area contributed by atoms with Gasteiger partial charge in [-0.25, -0.2) is 0 Å². The molecule has 0 atom stereocenters. The van der Waals surface area contributed by atoms with Crippen molar-refractivity contribution in [3.63, 3.8) is 0 Å². The Bertz CT molecular complexity index is 477. The summed E-state index contributed by atoms with van der Waals surface area (Å²) in [6, 6.07) is 4.14. The standard InChI is InChI=1S/C17H26N4O/c1-19-10-12-21(13-11-19)17(22)16-4-8-20(9-5-16)14-15-2-6-18-7-3-15/h2-3,6-7,16H,4-5,8-14H2,1H3. The van der Waals surface area contributed by atoms with E-state index in [9.17, 15) is 4.79 Å². The zero-order valence-corrected chi connectivity index (χ0v) is 13.4. The highest BCUT2D eigenvalue weighted by molar-refractivity contribution is 5.79. The van der Waals surface area contributed by atoms with Crippen LogP contribution in [-0.4, -0.2) is 71.9 Å². The summed E-state index contributed by atoms with van der Waals surface area (Å²) in [5.74, 6) is 0.619. The van der Waals surface area contributed by atoms with Gasteiger partial charge in [-0.2, -0.15) is 0 Å². The summed E-state index contributed by atoms with van der Waals surface area (Å²) in [6.45, 7) is 6.81. The van der Waals surface area contributed by atoms with Crippen molar-refractivity contribution in [2.75, 3.05) is 46.3 Å². The first kappa shape index (κ1) is 15.4. The molecule has 0 N–H and O–H groups in total. The normalized spacial score (nSPS) is 22.0. The Labute approximate surface area is 132 Å². The number of carbonyl (C=O) groups excluding carboxylic acids is 1. The second-order valence-corrected chi connectivity index (χ2v) is 6.53. The quantitative estimate of drug-likeness (QED) is 0.837. The minimum atomic E-state index is 0.233. The van der Waals surface area contributed by atoms with Crippen LogP contribution in [0.5, 0.6) is 0 Å². The largest absolute Gasteiger partial charge is 0.340 e. The van der Waals surface area contributed by atoms with Crippen molar-refractivity contribution in [2.24, 2.45) is 5.92 Å². The van der Waals surface area contributed by atoms with E-state index in [2.05, 4.69) is 38.9 Å². The number of carbonyl (C=O) groups is 1. The number of piperidine rings is 1. The van der Waals surface area contributed by atoms with Crippen molar-refractivity contribution in [2.45, 2.75) is 19.4 Å². The molecule has 22 heavy (non-hydrogen) atoms. The van der Waals surface area contributed by atoms with Gasteiger partial charge < -0.3 is 9.80 Å². The minimum absolute atomic E-state index is 0.233. The van der Waals surface area contributed by atoms with Crippen molar-refractivity contribution in [1.29, 1.82) is 0 Å². The number of nitrogens with zero attached hydrogens (tertiary/aromatic N) is 4. The average molecular weight is 302 g/mol. The average Bonchev–Trinajstić information content (AvgIpc) is 2.57. The van der Waals surface area contributed by atoms with Crippen LogP contribution in [0.2, 0.25) is 0 Å². The molecule has 2 fully saturated rings. The Balaban J connectivity index is 1.46. The smallest absolute Gasteiger partial charge is 0.225 e. The molecule has 0 radical (unpaired) electrons. The van der Waals surface area contributed by atoms with Crippen molar-refractivity contribution in [3.05, 3.63) is 30.1 Å². The second kappa shape index (κ2) is 7.20. The van der Waals surface area contributed by atoms with Gasteiger partial charge in [0.1, 0.15) is 0 Å². The number of hydrogen-bond acceptors (Lipinski definition) is 4. The highest BCUT2D eigenvalue weighted by Gasteiger charge is 2.29. The molecule has 120 valence electrons. The summed E-state index contributed by atoms with van der Waals surface area (Å²) in [6.07, 6.45) is 5.68. The molecule has 0 saturated carbocycles. The van der Waals surface area contributed by atoms with Crippen molar-refractivity contribution in [3.8, 4) is 0 Å². The molecule has 0 aliphatic carbocycles. The van der Waals surface area contributed by atoms with E-state index < -0.39 is 0 Å². The predicted molar refractivity (Wildman–Crippen MR) is 86.3 cm³/mol. The lowest BCUT2D eigenvalue weighted by atomic mass is 9.94. The molecule has 2 aliphatic rings. The maximum atomic E-state index is 12.6. The molecule has 1 aromatic heterocycles. The zero-order valence-electron chi connectivity index (χ0n) is 13.4. The van der Waals surface area contributed by atoms with Gasteiger partial charge in [-0.05, 0) is 50.7 Å². The number of hydrogen-bond donors (Lipinski definition) is 0. The molecule has 1 amide bonds. The van der Waals surface area contributed by atoms with Crippen LogP contribution in [0.4, 0.5) is 0 Å². The fraction of sp³-hybridized carbons (Fsp3) is 0.647. The zero-order chi connectivity index (χ0) is 15.4. The Morgan fingerprint density at radius 1 is 1.09 bits per heavy atom. The summed E-state index contributed by atoms with van der Waals surface area (Å²) < 4.78 is 0. The van der Waals surface area contributed by atoms with E-state index in [-0.39, 0.29) is 5.92 Å². The summed E-state index contributed by atoms with van der Waals surface area (Å²) in [5.41, 5.74) is 1.30. The number of aromatic nitrogens is 1. The summed E-state index contributed by atoms with van der Waals surface area (Å²) in [4.78, 5) is 23.5. The molecule has 2 saturated heterocycles. The van der Waals surface area contributed by atoms with Crippen molar-refractivity contribution >= 4 is 5.91 Å². The number of piperazine rings is 1. The van der Waals surface area contributed by atoms with Gasteiger partial charge in [0.15, 0.2) is 0 Å². The van der Waals surface area contributed by atoms with Gasteiger partial charge in [-0.1, -0.05) is 0 Å². The third kappa shape index (κ3) is 3.84. The number of likely N-dealkylation sites (N-methyl/N-ethyl adjacent to an activating group) is 1. The number of pyridine rings is 1. The van der Waals surface area contributed by atoms with Gasteiger partial charge in [0, 0.05) is 51.0 Å². The topological polar surface area (TPSA) is 39.7 Å². The summed E-state index contributed by atoms with van der Waals surface area (Å²) in [7, 11) is 2.12. The van der Waals surface area contributed by atoms with Crippen LogP contribution >= 0.6 is 0 Å². The van der Waals surface area contributed by atoms with E-state index in [1.165, 1.54) is 5.56 Å². The van der Waals surface area contributed by atoms with Gasteiger partial charge in [0.05, 0.1) is 0 Å². The highest BCUT2D eigenvalue weighted by Crippen LogP contribution is 2.21. The van der Waals surface area contributed by atoms with E-state index in [0.717, 1.165) is 58.7 Å². The molecule has 3 heterocycles. The molecule has 0 bridgehead atoms. The van der Waals surface area contributed by atoms with Crippen molar-refractivity contribution < 1.29 is 4.79 Å². The second-order valence-electron chi connectivity index (χ2n) is 6.53. The van der Waals surface area contributed by atoms with Crippen LogP contribution in [0.15, 0.2) is 24.5 Å². The predicted octanol–water partition coefficient (Wildman–Crippen LogP) is 1.07. The van der Waals surface area contributed by atoms with E-state index in [4.69, 9.17) is 0 Å². The molecule has 0 unspecified atom stereocenters. The highest BCUT2D eigenvalue weighted by atomic mass is 16.2. The Hall–Kier alpha value is -1.46. The molecule has 2 aliphatic heterocycles. The fourth-order valence-electron chi connectivity index (χ4n) is 3.37. The monoisotopic (exact) mass is 302 g/mol. The van der Waals surface area contributed by atoms with Crippen molar-refractivity contribution in [1.82, 2.24) is 19.7 Å². The van der Waals surface area contributed by atoms with Gasteiger partial charge >= 0.3 is 0 Å². The molecular formula is C17H26N4O. The van der Waals surface area contributed by atoms with E-state index in [0.29, 0.717) is 5.91 Å². The fourth-order valence-corrected chi connectivity index (χ4v) is 3.37. The summed E-state index contributed by atoms with van der Waals surface area (Å²) >= 11 is 0. The van der Waals surface area contributed by atoms with Crippen LogP contribution in [0.3, 0.4) is 0 Å². The minimum Gasteiger partial charge on any atom is -0.340 e. The lowest BCUT2D eigenvalue weighted by Crippen LogP contribution is -2.50. The first-order valence-electron chi connectivity index (χ1n) is 8.31. The Kier molecular flexibility index (Phi) is 5.05. The van der Waals surface area contributed by atoms with Gasteiger partial charge in [0.2, 0.25) is 5.91 Å². The lowest BCUT2D eigenvalue weighted by Gasteiger charge is -2.37. The Morgan fingerprint density at radius 3 is 2.36 bits per heavy atom. The first-order chi connectivity index (χ1) is 10.7. The molecule has 0 spiro atoms. The van der Waals surface area contributed by atoms with Crippen LogP contribution in [0, 0.1) is 5.92 Å². The number of likely N-dealkylation sites (tertiary alicyclic amines) is 1. The maximum absolute atomic E-state index is 12.6. The molecule has 0 aromatic carbocycles. The third-order valence-electron chi connectivity index (χ3n) is 4.91. The van der Waals surface area contributed by atoms with Gasteiger partial charge in [0.25, 0.3) is 0 Å². The van der Waals surface area contributed by atoms with Crippen LogP contribution < -0.4 is 0 Å². The van der Waals surface area contributed by atoms with Gasteiger partial charge in [-0.15, -0.1) is 0 Å². The maximum Gasteiger partial charge on any atom is 0.225 e. The SMILES string of the molecule is CN1CCN(C(=O)C2CCN(Cc3ccncc3)CC2)CC1.